The average Bonchev–Trinajstić information content (AvgIpc) is 3.01. The molecule has 1 atom stereocenters. The molecule has 0 saturated heterocycles. The van der Waals surface area contributed by atoms with Crippen LogP contribution in [0.15, 0.2) is 44.6 Å². The van der Waals surface area contributed by atoms with E-state index in [1.165, 1.54) is 0 Å². The molecule has 3 aromatic rings. The Labute approximate surface area is 124 Å². The van der Waals surface area contributed by atoms with Crippen molar-refractivity contribution in [1.82, 2.24) is 0 Å². The van der Waals surface area contributed by atoms with Crippen molar-refractivity contribution in [3.05, 3.63) is 56.4 Å². The molecule has 1 unspecified atom stereocenters. The first-order valence-corrected chi connectivity index (χ1v) is 7.82. The maximum Gasteiger partial charge on any atom is 0.134 e. The zero-order chi connectivity index (χ0) is 13.4. The maximum atomic E-state index is 6.45. The lowest BCUT2D eigenvalue weighted by molar-refractivity contribution is 0.547. The summed E-state index contributed by atoms with van der Waals surface area (Å²) in [5, 5.41) is 1.12. The van der Waals surface area contributed by atoms with Crippen molar-refractivity contribution in [2.24, 2.45) is 5.73 Å². The number of benzene rings is 1. The summed E-state index contributed by atoms with van der Waals surface area (Å²) in [6.45, 7) is 2.10. The number of fused-ring (bicyclic) bond motifs is 1. The predicted molar refractivity (Wildman–Crippen MR) is 83.6 cm³/mol. The molecule has 0 aliphatic carbocycles. The zero-order valence-electron chi connectivity index (χ0n) is 10.5. The molecule has 19 heavy (non-hydrogen) atoms. The fourth-order valence-corrected chi connectivity index (χ4v) is 3.79. The Morgan fingerprint density at radius 1 is 1.26 bits per heavy atom. The van der Waals surface area contributed by atoms with Gasteiger partial charge in [-0.05, 0) is 34.1 Å². The molecule has 2 aromatic heterocycles. The Morgan fingerprint density at radius 2 is 2.05 bits per heavy atom. The number of nitrogens with two attached hydrogens (primary N) is 1. The summed E-state index contributed by atoms with van der Waals surface area (Å²) in [5.74, 6) is 0.984. The second kappa shape index (κ2) is 5.12. The molecule has 1 aromatic carbocycles. The van der Waals surface area contributed by atoms with Gasteiger partial charge in [-0.25, -0.2) is 0 Å². The SMILES string of the molecule is CCc1oc2ccccc2c1C(N)c1ccc(Br)s1. The molecular weight excluding hydrogens is 322 g/mol. The molecule has 98 valence electrons. The van der Waals surface area contributed by atoms with Crippen LogP contribution in [-0.4, -0.2) is 0 Å². The van der Waals surface area contributed by atoms with Gasteiger partial charge in [-0.15, -0.1) is 11.3 Å². The van der Waals surface area contributed by atoms with Gasteiger partial charge < -0.3 is 10.2 Å². The smallest absolute Gasteiger partial charge is 0.134 e. The third-order valence-corrected chi connectivity index (χ3v) is 4.95. The summed E-state index contributed by atoms with van der Waals surface area (Å²) < 4.78 is 7.01. The molecule has 0 spiro atoms. The Hall–Kier alpha value is -1.10. The van der Waals surface area contributed by atoms with Crippen molar-refractivity contribution in [1.29, 1.82) is 0 Å². The normalized spacial score (nSPS) is 13.0. The number of rotatable bonds is 3. The molecule has 0 radical (unpaired) electrons. The first-order valence-electron chi connectivity index (χ1n) is 6.21. The van der Waals surface area contributed by atoms with E-state index in [1.807, 2.05) is 24.3 Å². The zero-order valence-corrected chi connectivity index (χ0v) is 12.9. The van der Waals surface area contributed by atoms with Crippen LogP contribution in [0.2, 0.25) is 0 Å². The number of furan rings is 1. The maximum absolute atomic E-state index is 6.45. The molecule has 2 heterocycles. The highest BCUT2D eigenvalue weighted by molar-refractivity contribution is 9.11. The Morgan fingerprint density at radius 3 is 2.74 bits per heavy atom. The van der Waals surface area contributed by atoms with Crippen molar-refractivity contribution in [3.8, 4) is 0 Å². The van der Waals surface area contributed by atoms with Crippen LogP contribution in [0.1, 0.15) is 29.2 Å². The van der Waals surface area contributed by atoms with Gasteiger partial charge in [-0.1, -0.05) is 25.1 Å². The van der Waals surface area contributed by atoms with Crippen molar-refractivity contribution in [2.75, 3.05) is 0 Å². The molecule has 0 amide bonds. The van der Waals surface area contributed by atoms with E-state index in [-0.39, 0.29) is 6.04 Å². The first kappa shape index (κ1) is 12.9. The molecule has 0 bridgehead atoms. The van der Waals surface area contributed by atoms with E-state index >= 15 is 0 Å². The van der Waals surface area contributed by atoms with E-state index in [1.54, 1.807) is 11.3 Å². The van der Waals surface area contributed by atoms with E-state index in [9.17, 15) is 0 Å². The standard InChI is InChI=1S/C15H14BrNOS/c1-2-10-14(9-5-3-4-6-11(9)18-10)15(17)12-7-8-13(16)19-12/h3-8,15H,2,17H2,1H3. The van der Waals surface area contributed by atoms with Crippen LogP contribution in [0.25, 0.3) is 11.0 Å². The van der Waals surface area contributed by atoms with Crippen LogP contribution in [0.3, 0.4) is 0 Å². The fraction of sp³-hybridized carbons (Fsp3) is 0.200. The van der Waals surface area contributed by atoms with E-state index in [0.29, 0.717) is 0 Å². The van der Waals surface area contributed by atoms with Gasteiger partial charge in [-0.2, -0.15) is 0 Å². The van der Waals surface area contributed by atoms with Crippen LogP contribution in [0.4, 0.5) is 0 Å². The summed E-state index contributed by atoms with van der Waals surface area (Å²) in [6.07, 6.45) is 0.851. The second-order valence-electron chi connectivity index (χ2n) is 4.41. The number of aryl methyl sites for hydroxylation is 1. The molecule has 2 nitrogen and oxygen atoms in total. The van der Waals surface area contributed by atoms with E-state index < -0.39 is 0 Å². The van der Waals surface area contributed by atoms with Crippen LogP contribution < -0.4 is 5.73 Å². The minimum Gasteiger partial charge on any atom is -0.461 e. The summed E-state index contributed by atoms with van der Waals surface area (Å²) in [6, 6.07) is 12.1. The van der Waals surface area contributed by atoms with Gasteiger partial charge in [-0.3, -0.25) is 0 Å². The van der Waals surface area contributed by atoms with Crippen LogP contribution in [-0.2, 0) is 6.42 Å². The third-order valence-electron chi connectivity index (χ3n) is 3.24. The molecule has 4 heteroatoms. The van der Waals surface area contributed by atoms with Gasteiger partial charge in [0.15, 0.2) is 0 Å². The van der Waals surface area contributed by atoms with Gasteiger partial charge in [0.05, 0.1) is 9.83 Å². The largest absolute Gasteiger partial charge is 0.461 e. The first-order chi connectivity index (χ1) is 9.20. The number of halogens is 1. The van der Waals surface area contributed by atoms with Crippen LogP contribution in [0.5, 0.6) is 0 Å². The molecule has 2 N–H and O–H groups in total. The van der Waals surface area contributed by atoms with Gasteiger partial charge in [0.2, 0.25) is 0 Å². The van der Waals surface area contributed by atoms with E-state index in [0.717, 1.165) is 37.4 Å². The predicted octanol–water partition coefficient (Wildman–Crippen LogP) is 4.87. The van der Waals surface area contributed by atoms with E-state index in [2.05, 4.69) is 35.0 Å². The molecule has 0 aliphatic rings. The summed E-state index contributed by atoms with van der Waals surface area (Å²) in [7, 11) is 0. The molecular formula is C15H14BrNOS. The monoisotopic (exact) mass is 335 g/mol. The van der Waals surface area contributed by atoms with Crippen molar-refractivity contribution in [2.45, 2.75) is 19.4 Å². The second-order valence-corrected chi connectivity index (χ2v) is 6.90. The summed E-state index contributed by atoms with van der Waals surface area (Å²) in [5.41, 5.74) is 8.48. The Bertz CT molecular complexity index is 716. The van der Waals surface area contributed by atoms with Gasteiger partial charge >= 0.3 is 0 Å². The van der Waals surface area contributed by atoms with Gasteiger partial charge in [0.1, 0.15) is 11.3 Å². The topological polar surface area (TPSA) is 39.2 Å². The minimum atomic E-state index is -0.130. The molecule has 0 aliphatic heterocycles. The average molecular weight is 336 g/mol. The lowest BCUT2D eigenvalue weighted by Crippen LogP contribution is -2.11. The van der Waals surface area contributed by atoms with Crippen molar-refractivity contribution < 1.29 is 4.42 Å². The lowest BCUT2D eigenvalue weighted by atomic mass is 10.0. The van der Waals surface area contributed by atoms with Crippen molar-refractivity contribution in [3.63, 3.8) is 0 Å². The van der Waals surface area contributed by atoms with Gasteiger partial charge in [0.25, 0.3) is 0 Å². The fourth-order valence-electron chi connectivity index (χ4n) is 2.36. The number of hydrogen-bond acceptors (Lipinski definition) is 3. The van der Waals surface area contributed by atoms with Crippen LogP contribution >= 0.6 is 27.3 Å². The molecule has 0 fully saturated rings. The highest BCUT2D eigenvalue weighted by Crippen LogP contribution is 2.36. The Balaban J connectivity index is 2.17. The highest BCUT2D eigenvalue weighted by Gasteiger charge is 2.21. The summed E-state index contributed by atoms with van der Waals surface area (Å²) >= 11 is 5.16. The highest BCUT2D eigenvalue weighted by atomic mass is 79.9. The third kappa shape index (κ3) is 2.24. The van der Waals surface area contributed by atoms with E-state index in [4.69, 9.17) is 10.2 Å². The quantitative estimate of drug-likeness (QED) is 0.741. The Kier molecular flexibility index (Phi) is 3.48. The number of thiophene rings is 1. The minimum absolute atomic E-state index is 0.130. The lowest BCUT2D eigenvalue weighted by Gasteiger charge is -2.10. The molecule has 0 saturated carbocycles. The van der Waals surface area contributed by atoms with Crippen molar-refractivity contribution >= 4 is 38.2 Å². The number of hydrogen-bond donors (Lipinski definition) is 1. The molecule has 3 rings (SSSR count). The number of para-hydroxylation sites is 1. The summed E-state index contributed by atoms with van der Waals surface area (Å²) in [4.78, 5) is 1.15. The van der Waals surface area contributed by atoms with Crippen LogP contribution in [0, 0.1) is 0 Å². The van der Waals surface area contributed by atoms with Gasteiger partial charge in [0, 0.05) is 22.2 Å².